The fourth-order valence-corrected chi connectivity index (χ4v) is 3.80. The van der Waals surface area contributed by atoms with E-state index in [2.05, 4.69) is 22.9 Å². The van der Waals surface area contributed by atoms with Crippen molar-refractivity contribution >= 4 is 10.9 Å². The number of aryl methyl sites for hydroxylation is 1. The summed E-state index contributed by atoms with van der Waals surface area (Å²) in [5.74, 6) is 0.341. The third kappa shape index (κ3) is 3.96. The summed E-state index contributed by atoms with van der Waals surface area (Å²) in [7, 11) is 0. The van der Waals surface area contributed by atoms with E-state index in [0.717, 1.165) is 35.2 Å². The fraction of sp³-hybridized carbons (Fsp3) is 0.292. The first-order valence-corrected chi connectivity index (χ1v) is 9.84. The number of rotatable bonds is 3. The fourth-order valence-electron chi connectivity index (χ4n) is 3.80. The minimum absolute atomic E-state index is 0.112. The van der Waals surface area contributed by atoms with Crippen LogP contribution in [0, 0.1) is 12.7 Å². The third-order valence-corrected chi connectivity index (χ3v) is 5.43. The number of phenolic OH excluding ortho intramolecular Hbond substituents is 1. The maximum absolute atomic E-state index is 13.7. The monoisotopic (exact) mass is 392 g/mol. The molecule has 4 nitrogen and oxygen atoms in total. The standard InChI is InChI=1S/C24H25FN2O2/c1-4-15(2)13-27-7-8-29-24-18(14-27)10-17(11-23(24)28)21-9-16(3)20-6-5-19(25)12-22(20)26-21/h4-6,9-12,28H,7-8,13-14H2,1-3H3. The van der Waals surface area contributed by atoms with E-state index in [1.54, 1.807) is 12.1 Å². The van der Waals surface area contributed by atoms with E-state index in [-0.39, 0.29) is 11.6 Å². The van der Waals surface area contributed by atoms with Crippen LogP contribution in [0.15, 0.2) is 48.0 Å². The number of benzene rings is 2. The van der Waals surface area contributed by atoms with Gasteiger partial charge in [-0.2, -0.15) is 0 Å². The average molecular weight is 392 g/mol. The average Bonchev–Trinajstić information content (AvgIpc) is 2.89. The Bertz CT molecular complexity index is 1110. The maximum atomic E-state index is 13.7. The molecule has 1 N–H and O–H groups in total. The second-order valence-electron chi connectivity index (χ2n) is 7.66. The van der Waals surface area contributed by atoms with Crippen LogP contribution in [0.4, 0.5) is 4.39 Å². The van der Waals surface area contributed by atoms with Crippen LogP contribution in [0.5, 0.6) is 11.5 Å². The van der Waals surface area contributed by atoms with Gasteiger partial charge in [0.15, 0.2) is 11.5 Å². The van der Waals surface area contributed by atoms with Crippen molar-refractivity contribution in [1.82, 2.24) is 9.88 Å². The molecule has 0 radical (unpaired) electrons. The Morgan fingerprint density at radius 3 is 2.90 bits per heavy atom. The van der Waals surface area contributed by atoms with E-state index >= 15 is 0 Å². The highest BCUT2D eigenvalue weighted by molar-refractivity contribution is 5.85. The molecule has 5 heteroatoms. The van der Waals surface area contributed by atoms with Crippen LogP contribution in [-0.2, 0) is 6.54 Å². The molecule has 1 aliphatic rings. The summed E-state index contributed by atoms with van der Waals surface area (Å²) in [5.41, 5.74) is 5.35. The van der Waals surface area contributed by atoms with Crippen LogP contribution in [0.1, 0.15) is 25.0 Å². The zero-order valence-corrected chi connectivity index (χ0v) is 17.0. The highest BCUT2D eigenvalue weighted by Crippen LogP contribution is 2.38. The molecule has 2 heterocycles. The summed E-state index contributed by atoms with van der Waals surface area (Å²) >= 11 is 0. The molecule has 4 rings (SSSR count). The molecule has 0 saturated carbocycles. The summed E-state index contributed by atoms with van der Waals surface area (Å²) in [6.07, 6.45) is 2.11. The van der Waals surface area contributed by atoms with Gasteiger partial charge in [-0.25, -0.2) is 9.37 Å². The number of hydrogen-bond acceptors (Lipinski definition) is 4. The van der Waals surface area contributed by atoms with Gasteiger partial charge in [0.2, 0.25) is 0 Å². The first-order chi connectivity index (χ1) is 13.9. The number of nitrogens with zero attached hydrogens (tertiary/aromatic N) is 2. The number of allylic oxidation sites excluding steroid dienone is 1. The molecule has 0 spiro atoms. The molecule has 1 aromatic heterocycles. The van der Waals surface area contributed by atoms with Crippen molar-refractivity contribution in [3.63, 3.8) is 0 Å². The number of halogens is 1. The lowest BCUT2D eigenvalue weighted by Crippen LogP contribution is -2.27. The van der Waals surface area contributed by atoms with Crippen molar-refractivity contribution in [3.8, 4) is 22.8 Å². The van der Waals surface area contributed by atoms with Gasteiger partial charge in [-0.05, 0) is 56.7 Å². The highest BCUT2D eigenvalue weighted by atomic mass is 19.1. The Labute approximate surface area is 170 Å². The molecule has 0 unspecified atom stereocenters. The quantitative estimate of drug-likeness (QED) is 0.621. The number of aromatic nitrogens is 1. The first-order valence-electron chi connectivity index (χ1n) is 9.84. The van der Waals surface area contributed by atoms with Gasteiger partial charge < -0.3 is 9.84 Å². The number of pyridine rings is 1. The van der Waals surface area contributed by atoms with Crippen LogP contribution < -0.4 is 4.74 Å². The van der Waals surface area contributed by atoms with Crippen LogP contribution in [0.3, 0.4) is 0 Å². The molecule has 150 valence electrons. The number of aromatic hydroxyl groups is 1. The summed E-state index contributed by atoms with van der Waals surface area (Å²) in [4.78, 5) is 6.95. The molecule has 0 amide bonds. The molecule has 29 heavy (non-hydrogen) atoms. The highest BCUT2D eigenvalue weighted by Gasteiger charge is 2.20. The SMILES string of the molecule is CC=C(C)CN1CCOc2c(O)cc(-c3cc(C)c4ccc(F)cc4n3)cc2C1. The van der Waals surface area contributed by atoms with Crippen molar-refractivity contribution in [2.75, 3.05) is 19.7 Å². The topological polar surface area (TPSA) is 45.6 Å². The predicted molar refractivity (Wildman–Crippen MR) is 114 cm³/mol. The Morgan fingerprint density at radius 2 is 2.10 bits per heavy atom. The molecule has 1 aliphatic heterocycles. The van der Waals surface area contributed by atoms with E-state index in [9.17, 15) is 9.50 Å². The van der Waals surface area contributed by atoms with Crippen molar-refractivity contribution in [2.24, 2.45) is 0 Å². The van der Waals surface area contributed by atoms with Crippen LogP contribution >= 0.6 is 0 Å². The van der Waals surface area contributed by atoms with Crippen molar-refractivity contribution in [3.05, 3.63) is 65.0 Å². The van der Waals surface area contributed by atoms with Gasteiger partial charge in [-0.3, -0.25) is 4.90 Å². The first kappa shape index (κ1) is 19.4. The number of phenols is 1. The van der Waals surface area contributed by atoms with Gasteiger partial charge in [0, 0.05) is 42.2 Å². The lowest BCUT2D eigenvalue weighted by Gasteiger charge is -2.20. The molecule has 2 aromatic carbocycles. The van der Waals surface area contributed by atoms with Gasteiger partial charge >= 0.3 is 0 Å². The van der Waals surface area contributed by atoms with E-state index < -0.39 is 0 Å². The number of hydrogen-bond donors (Lipinski definition) is 1. The summed E-state index contributed by atoms with van der Waals surface area (Å²) in [5, 5.41) is 11.5. The second-order valence-corrected chi connectivity index (χ2v) is 7.66. The zero-order chi connectivity index (χ0) is 20.5. The normalized spacial score (nSPS) is 15.1. The lowest BCUT2D eigenvalue weighted by molar-refractivity contribution is 0.235. The molecule has 0 saturated heterocycles. The Hall–Kier alpha value is -2.92. The van der Waals surface area contributed by atoms with Crippen molar-refractivity contribution < 1.29 is 14.2 Å². The van der Waals surface area contributed by atoms with Crippen molar-refractivity contribution in [2.45, 2.75) is 27.3 Å². The van der Waals surface area contributed by atoms with E-state index in [1.807, 2.05) is 26.0 Å². The van der Waals surface area contributed by atoms with Gasteiger partial charge in [0.05, 0.1) is 11.2 Å². The summed E-state index contributed by atoms with van der Waals surface area (Å²) in [6.45, 7) is 9.00. The molecule has 0 aliphatic carbocycles. The Morgan fingerprint density at radius 1 is 1.28 bits per heavy atom. The molecular weight excluding hydrogens is 367 g/mol. The second kappa shape index (κ2) is 7.84. The number of ether oxygens (including phenoxy) is 1. The molecule has 0 fully saturated rings. The van der Waals surface area contributed by atoms with Crippen molar-refractivity contribution in [1.29, 1.82) is 0 Å². The minimum Gasteiger partial charge on any atom is -0.504 e. The van der Waals surface area contributed by atoms with E-state index in [1.165, 1.54) is 17.7 Å². The van der Waals surface area contributed by atoms with Crippen LogP contribution in [-0.4, -0.2) is 34.7 Å². The van der Waals surface area contributed by atoms with E-state index in [4.69, 9.17) is 4.74 Å². The molecular formula is C24H25FN2O2. The summed E-state index contributed by atoms with van der Waals surface area (Å²) < 4.78 is 19.6. The van der Waals surface area contributed by atoms with Crippen LogP contribution in [0.2, 0.25) is 0 Å². The molecule has 0 atom stereocenters. The largest absolute Gasteiger partial charge is 0.504 e. The third-order valence-electron chi connectivity index (χ3n) is 5.43. The Balaban J connectivity index is 1.77. The van der Waals surface area contributed by atoms with Gasteiger partial charge in [0.25, 0.3) is 0 Å². The summed E-state index contributed by atoms with van der Waals surface area (Å²) in [6, 6.07) is 10.3. The Kier molecular flexibility index (Phi) is 5.24. The molecule has 0 bridgehead atoms. The number of fused-ring (bicyclic) bond motifs is 2. The lowest BCUT2D eigenvalue weighted by atomic mass is 10.0. The predicted octanol–water partition coefficient (Wildman–Crippen LogP) is 5.22. The maximum Gasteiger partial charge on any atom is 0.165 e. The van der Waals surface area contributed by atoms with Crippen LogP contribution in [0.25, 0.3) is 22.2 Å². The van der Waals surface area contributed by atoms with E-state index in [0.29, 0.717) is 30.1 Å². The minimum atomic E-state index is -0.310. The van der Waals surface area contributed by atoms with Gasteiger partial charge in [0.1, 0.15) is 12.4 Å². The molecule has 3 aromatic rings. The zero-order valence-electron chi connectivity index (χ0n) is 17.0. The van der Waals surface area contributed by atoms with Gasteiger partial charge in [-0.15, -0.1) is 0 Å². The van der Waals surface area contributed by atoms with Gasteiger partial charge in [-0.1, -0.05) is 11.6 Å². The smallest absolute Gasteiger partial charge is 0.165 e.